The Morgan fingerprint density at radius 3 is 2.68 bits per heavy atom. The lowest BCUT2D eigenvalue weighted by Crippen LogP contribution is -2.14. The molecule has 0 unspecified atom stereocenters. The Balaban J connectivity index is 1.88. The summed E-state index contributed by atoms with van der Waals surface area (Å²) in [7, 11) is 1.41. The van der Waals surface area contributed by atoms with Crippen LogP contribution < -0.4 is 10.1 Å². The van der Waals surface area contributed by atoms with Crippen LogP contribution in [0, 0.1) is 28.4 Å². The van der Waals surface area contributed by atoms with Crippen molar-refractivity contribution in [1.82, 2.24) is 0 Å². The number of nitrogens with one attached hydrogen (secondary N) is 1. The zero-order valence-corrected chi connectivity index (χ0v) is 17.3. The quantitative estimate of drug-likeness (QED) is 0.239. The SMILES string of the molecule is COc1ccc(-c2ccc(/C=C(\C#N)C(=O)Nc3ccc(Cl)cc3C)o2)c([N+](=O)[O-])c1. The van der Waals surface area contributed by atoms with Crippen LogP contribution in [-0.4, -0.2) is 17.9 Å². The van der Waals surface area contributed by atoms with Crippen molar-refractivity contribution in [3.63, 3.8) is 0 Å². The van der Waals surface area contributed by atoms with Crippen molar-refractivity contribution in [3.8, 4) is 23.1 Å². The van der Waals surface area contributed by atoms with E-state index in [1.54, 1.807) is 31.2 Å². The maximum atomic E-state index is 12.5. The van der Waals surface area contributed by atoms with Gasteiger partial charge in [-0.25, -0.2) is 0 Å². The zero-order chi connectivity index (χ0) is 22.5. The molecule has 9 heteroatoms. The van der Waals surface area contributed by atoms with Crippen LogP contribution in [0.2, 0.25) is 5.02 Å². The summed E-state index contributed by atoms with van der Waals surface area (Å²) in [6.07, 6.45) is 1.26. The number of amides is 1. The number of nitro benzene ring substituents is 1. The van der Waals surface area contributed by atoms with Crippen molar-refractivity contribution in [2.24, 2.45) is 0 Å². The molecule has 1 heterocycles. The molecule has 2 aromatic carbocycles. The number of furan rings is 1. The Labute approximate surface area is 182 Å². The summed E-state index contributed by atoms with van der Waals surface area (Å²) in [6.45, 7) is 1.78. The molecule has 156 valence electrons. The number of hydrogen-bond donors (Lipinski definition) is 1. The molecule has 3 aromatic rings. The second-order valence-electron chi connectivity index (χ2n) is 6.43. The molecule has 0 aliphatic carbocycles. The monoisotopic (exact) mass is 437 g/mol. The van der Waals surface area contributed by atoms with Crippen molar-refractivity contribution in [2.75, 3.05) is 12.4 Å². The van der Waals surface area contributed by atoms with Gasteiger partial charge in [0.05, 0.1) is 23.7 Å². The summed E-state index contributed by atoms with van der Waals surface area (Å²) in [5.41, 5.74) is 1.11. The molecule has 1 amide bonds. The van der Waals surface area contributed by atoms with E-state index in [4.69, 9.17) is 20.8 Å². The van der Waals surface area contributed by atoms with Crippen LogP contribution in [0.25, 0.3) is 17.4 Å². The molecule has 0 aliphatic heterocycles. The maximum absolute atomic E-state index is 12.5. The van der Waals surface area contributed by atoms with Gasteiger partial charge in [-0.05, 0) is 55.0 Å². The van der Waals surface area contributed by atoms with Gasteiger partial charge in [0, 0.05) is 16.8 Å². The van der Waals surface area contributed by atoms with Crippen LogP contribution >= 0.6 is 11.6 Å². The van der Waals surface area contributed by atoms with E-state index in [-0.39, 0.29) is 28.3 Å². The van der Waals surface area contributed by atoms with Gasteiger partial charge in [-0.3, -0.25) is 14.9 Å². The number of methoxy groups -OCH3 is 1. The van der Waals surface area contributed by atoms with Gasteiger partial charge < -0.3 is 14.5 Å². The number of hydrogen-bond acceptors (Lipinski definition) is 6. The number of ether oxygens (including phenoxy) is 1. The zero-order valence-electron chi connectivity index (χ0n) is 16.5. The highest BCUT2D eigenvalue weighted by atomic mass is 35.5. The number of rotatable bonds is 6. The van der Waals surface area contributed by atoms with Crippen LogP contribution in [0.5, 0.6) is 5.75 Å². The lowest BCUT2D eigenvalue weighted by Gasteiger charge is -2.07. The molecule has 0 fully saturated rings. The summed E-state index contributed by atoms with van der Waals surface area (Å²) in [5.74, 6) is 0.121. The summed E-state index contributed by atoms with van der Waals surface area (Å²) in [6, 6.07) is 14.2. The normalized spacial score (nSPS) is 11.0. The fourth-order valence-corrected chi connectivity index (χ4v) is 3.05. The van der Waals surface area contributed by atoms with E-state index in [0.29, 0.717) is 16.5 Å². The predicted octanol–water partition coefficient (Wildman–Crippen LogP) is 5.37. The van der Waals surface area contributed by atoms with Crippen molar-refractivity contribution in [1.29, 1.82) is 5.26 Å². The Bertz CT molecular complexity index is 1240. The van der Waals surface area contributed by atoms with Crippen molar-refractivity contribution >= 4 is 35.0 Å². The number of nitriles is 1. The predicted molar refractivity (Wildman–Crippen MR) is 116 cm³/mol. The smallest absolute Gasteiger partial charge is 0.284 e. The first-order chi connectivity index (χ1) is 14.8. The highest BCUT2D eigenvalue weighted by molar-refractivity contribution is 6.30. The van der Waals surface area contributed by atoms with Gasteiger partial charge in [0.25, 0.3) is 11.6 Å². The van der Waals surface area contributed by atoms with Crippen LogP contribution in [0.1, 0.15) is 11.3 Å². The number of anilines is 1. The van der Waals surface area contributed by atoms with E-state index in [1.807, 2.05) is 6.07 Å². The van der Waals surface area contributed by atoms with Crippen LogP contribution in [0.4, 0.5) is 11.4 Å². The number of benzene rings is 2. The van der Waals surface area contributed by atoms with Crippen LogP contribution in [-0.2, 0) is 4.79 Å². The fraction of sp³-hybridized carbons (Fsp3) is 0.0909. The van der Waals surface area contributed by atoms with Gasteiger partial charge in [-0.1, -0.05) is 11.6 Å². The van der Waals surface area contributed by atoms with Gasteiger partial charge in [0.2, 0.25) is 0 Å². The third-order valence-electron chi connectivity index (χ3n) is 4.38. The number of carbonyl (C=O) groups excluding carboxylic acids is 1. The van der Waals surface area contributed by atoms with E-state index in [1.165, 1.54) is 37.5 Å². The average Bonchev–Trinajstić information content (AvgIpc) is 3.21. The van der Waals surface area contributed by atoms with Crippen LogP contribution in [0.3, 0.4) is 0 Å². The molecule has 0 bridgehead atoms. The van der Waals surface area contributed by atoms with Crippen molar-refractivity contribution < 1.29 is 18.9 Å². The van der Waals surface area contributed by atoms with Gasteiger partial charge in [-0.2, -0.15) is 5.26 Å². The molecule has 1 N–H and O–H groups in total. The molecular formula is C22H16ClN3O5. The largest absolute Gasteiger partial charge is 0.497 e. The molecule has 8 nitrogen and oxygen atoms in total. The third kappa shape index (κ3) is 4.91. The standard InChI is InChI=1S/C22H16ClN3O5/c1-13-9-15(23)3-7-19(13)25-22(27)14(12-24)10-17-5-8-21(31-17)18-6-4-16(30-2)11-20(18)26(28)29/h3-11H,1-2H3,(H,25,27)/b14-10+. The van der Waals surface area contributed by atoms with Gasteiger partial charge in [0.15, 0.2) is 0 Å². The minimum absolute atomic E-state index is 0.194. The third-order valence-corrected chi connectivity index (χ3v) is 4.62. The van der Waals surface area contributed by atoms with Gasteiger partial charge >= 0.3 is 0 Å². The molecule has 3 rings (SSSR count). The highest BCUT2D eigenvalue weighted by Crippen LogP contribution is 2.34. The fourth-order valence-electron chi connectivity index (χ4n) is 2.82. The molecule has 31 heavy (non-hydrogen) atoms. The summed E-state index contributed by atoms with van der Waals surface area (Å²) in [4.78, 5) is 23.4. The number of carbonyl (C=O) groups is 1. The number of nitrogens with zero attached hydrogens (tertiary/aromatic N) is 2. The molecule has 0 spiro atoms. The van der Waals surface area contributed by atoms with E-state index in [2.05, 4.69) is 5.32 Å². The lowest BCUT2D eigenvalue weighted by atomic mass is 10.1. The Morgan fingerprint density at radius 1 is 1.26 bits per heavy atom. The molecular weight excluding hydrogens is 422 g/mol. The van der Waals surface area contributed by atoms with Gasteiger partial charge in [-0.15, -0.1) is 0 Å². The minimum atomic E-state index is -0.624. The van der Waals surface area contributed by atoms with Gasteiger partial charge in [0.1, 0.15) is 28.9 Å². The topological polar surface area (TPSA) is 118 Å². The number of halogens is 1. The molecule has 0 atom stereocenters. The maximum Gasteiger partial charge on any atom is 0.284 e. The first-order valence-electron chi connectivity index (χ1n) is 8.94. The van der Waals surface area contributed by atoms with Crippen LogP contribution in [0.15, 0.2) is 58.5 Å². The van der Waals surface area contributed by atoms with E-state index >= 15 is 0 Å². The average molecular weight is 438 g/mol. The first-order valence-corrected chi connectivity index (χ1v) is 9.32. The second kappa shape index (κ2) is 9.15. The minimum Gasteiger partial charge on any atom is -0.497 e. The van der Waals surface area contributed by atoms with Crippen molar-refractivity contribution in [3.05, 3.63) is 80.6 Å². The summed E-state index contributed by atoms with van der Waals surface area (Å²) < 4.78 is 10.7. The lowest BCUT2D eigenvalue weighted by molar-refractivity contribution is -0.384. The second-order valence-corrected chi connectivity index (χ2v) is 6.86. The molecule has 0 saturated heterocycles. The van der Waals surface area contributed by atoms with E-state index in [0.717, 1.165) is 5.56 Å². The number of aryl methyl sites for hydroxylation is 1. The Hall–Kier alpha value is -4.09. The highest BCUT2D eigenvalue weighted by Gasteiger charge is 2.20. The molecule has 1 aromatic heterocycles. The van der Waals surface area contributed by atoms with Crippen molar-refractivity contribution in [2.45, 2.75) is 6.92 Å². The summed E-state index contributed by atoms with van der Waals surface area (Å²) >= 11 is 5.91. The first kappa shape index (κ1) is 21.6. The Kier molecular flexibility index (Phi) is 6.38. The molecule has 0 aliphatic rings. The Morgan fingerprint density at radius 2 is 2.03 bits per heavy atom. The van der Waals surface area contributed by atoms with E-state index < -0.39 is 10.8 Å². The van der Waals surface area contributed by atoms with E-state index in [9.17, 15) is 20.2 Å². The molecule has 0 radical (unpaired) electrons. The molecule has 0 saturated carbocycles. The summed E-state index contributed by atoms with van der Waals surface area (Å²) in [5, 5.41) is 24.0. The number of nitro groups is 1.